The zero-order chi connectivity index (χ0) is 15.5. The van der Waals surface area contributed by atoms with Crippen molar-refractivity contribution in [1.29, 1.82) is 0 Å². The minimum atomic E-state index is -0.112. The van der Waals surface area contributed by atoms with Gasteiger partial charge in [0.25, 0.3) is 0 Å². The molecule has 1 atom stereocenters. The van der Waals surface area contributed by atoms with Crippen molar-refractivity contribution in [2.24, 2.45) is 0 Å². The first kappa shape index (κ1) is 14.9. The van der Waals surface area contributed by atoms with Crippen LogP contribution in [-0.4, -0.2) is 27.3 Å². The fourth-order valence-electron chi connectivity index (χ4n) is 2.96. The molecule has 5 nitrogen and oxygen atoms in total. The van der Waals surface area contributed by atoms with Gasteiger partial charge in [-0.15, -0.1) is 0 Å². The summed E-state index contributed by atoms with van der Waals surface area (Å²) in [5.74, 6) is 0. The van der Waals surface area contributed by atoms with E-state index in [4.69, 9.17) is 11.6 Å². The summed E-state index contributed by atoms with van der Waals surface area (Å²) in [4.78, 5) is 14.5. The van der Waals surface area contributed by atoms with Crippen LogP contribution in [0.3, 0.4) is 0 Å². The Morgan fingerprint density at radius 1 is 1.41 bits per heavy atom. The van der Waals surface area contributed by atoms with Crippen LogP contribution < -0.4 is 5.32 Å². The van der Waals surface area contributed by atoms with Crippen molar-refractivity contribution in [3.8, 4) is 0 Å². The van der Waals surface area contributed by atoms with Gasteiger partial charge in [-0.2, -0.15) is 5.10 Å². The quantitative estimate of drug-likeness (QED) is 0.932. The normalized spacial score (nSPS) is 17.7. The summed E-state index contributed by atoms with van der Waals surface area (Å²) >= 11 is 6.11. The molecule has 0 spiro atoms. The van der Waals surface area contributed by atoms with Crippen LogP contribution in [0.25, 0.3) is 0 Å². The number of hydrogen-bond acceptors (Lipinski definition) is 2. The summed E-state index contributed by atoms with van der Waals surface area (Å²) in [6.07, 6.45) is 3.75. The maximum atomic E-state index is 12.6. The molecule has 0 saturated carbocycles. The van der Waals surface area contributed by atoms with E-state index in [0.717, 1.165) is 31.6 Å². The van der Waals surface area contributed by atoms with E-state index >= 15 is 0 Å². The van der Waals surface area contributed by atoms with Gasteiger partial charge in [0.05, 0.1) is 22.4 Å². The number of para-hydroxylation sites is 1. The van der Waals surface area contributed by atoms with Gasteiger partial charge in [0, 0.05) is 19.3 Å². The van der Waals surface area contributed by atoms with Crippen molar-refractivity contribution in [3.05, 3.63) is 47.2 Å². The minimum absolute atomic E-state index is 0.0740. The summed E-state index contributed by atoms with van der Waals surface area (Å²) in [6.45, 7) is 3.61. The van der Waals surface area contributed by atoms with Gasteiger partial charge >= 0.3 is 6.03 Å². The van der Waals surface area contributed by atoms with Crippen molar-refractivity contribution in [2.45, 2.75) is 32.4 Å². The highest BCUT2D eigenvalue weighted by atomic mass is 35.5. The van der Waals surface area contributed by atoms with Crippen LogP contribution in [0.15, 0.2) is 36.5 Å². The molecule has 22 heavy (non-hydrogen) atoms. The second-order valence-corrected chi connectivity index (χ2v) is 5.74. The lowest BCUT2D eigenvalue weighted by molar-refractivity contribution is 0.204. The van der Waals surface area contributed by atoms with E-state index in [0.29, 0.717) is 10.7 Å². The van der Waals surface area contributed by atoms with Crippen molar-refractivity contribution in [2.75, 3.05) is 11.9 Å². The number of carbonyl (C=O) groups is 1. The number of carbonyl (C=O) groups excluding carboxylic acids is 1. The van der Waals surface area contributed by atoms with E-state index in [2.05, 4.69) is 17.3 Å². The van der Waals surface area contributed by atoms with Crippen LogP contribution in [0.4, 0.5) is 10.5 Å². The van der Waals surface area contributed by atoms with Gasteiger partial charge < -0.3 is 10.2 Å². The number of anilines is 1. The van der Waals surface area contributed by atoms with Crippen LogP contribution in [0.1, 0.15) is 31.5 Å². The number of nitrogens with one attached hydrogen (secondary N) is 1. The number of benzene rings is 1. The van der Waals surface area contributed by atoms with Crippen molar-refractivity contribution < 1.29 is 4.79 Å². The first-order valence-electron chi connectivity index (χ1n) is 7.54. The van der Waals surface area contributed by atoms with E-state index in [1.807, 2.05) is 33.8 Å². The van der Waals surface area contributed by atoms with Gasteiger partial charge in [-0.05, 0) is 38.0 Å². The van der Waals surface area contributed by atoms with Gasteiger partial charge in [0.15, 0.2) is 0 Å². The van der Waals surface area contributed by atoms with E-state index < -0.39 is 0 Å². The van der Waals surface area contributed by atoms with Crippen LogP contribution in [0, 0.1) is 0 Å². The Bertz CT molecular complexity index is 670. The predicted molar refractivity (Wildman–Crippen MR) is 87.1 cm³/mol. The molecule has 0 radical (unpaired) electrons. The molecule has 0 bridgehead atoms. The number of likely N-dealkylation sites (tertiary alicyclic amines) is 1. The van der Waals surface area contributed by atoms with Crippen molar-refractivity contribution >= 4 is 23.3 Å². The summed E-state index contributed by atoms with van der Waals surface area (Å²) in [5, 5.41) is 7.76. The second kappa shape index (κ2) is 6.40. The molecule has 1 aliphatic rings. The molecule has 1 fully saturated rings. The number of amides is 2. The first-order valence-corrected chi connectivity index (χ1v) is 7.92. The molecule has 2 aromatic rings. The number of aromatic nitrogens is 2. The SMILES string of the molecule is CCn1nccc1[C@@H]1CCCN1C(=O)Nc1ccccc1Cl. The zero-order valence-electron chi connectivity index (χ0n) is 12.5. The fraction of sp³-hybridized carbons (Fsp3) is 0.375. The molecule has 0 unspecified atom stereocenters. The zero-order valence-corrected chi connectivity index (χ0v) is 13.3. The lowest BCUT2D eigenvalue weighted by Gasteiger charge is -2.25. The average molecular weight is 319 g/mol. The van der Waals surface area contributed by atoms with Crippen LogP contribution in [0.2, 0.25) is 5.02 Å². The standard InChI is InChI=1S/C16H19ClN4O/c1-2-21-15(9-10-18-21)14-8-5-11-20(14)16(22)19-13-7-4-3-6-12(13)17/h3-4,6-7,9-10,14H,2,5,8,11H2,1H3,(H,19,22)/t14-/m0/s1. The number of rotatable bonds is 3. The van der Waals surface area contributed by atoms with Crippen LogP contribution >= 0.6 is 11.6 Å². The maximum absolute atomic E-state index is 12.6. The molecule has 1 aromatic heterocycles. The summed E-state index contributed by atoms with van der Waals surface area (Å²) in [7, 11) is 0. The van der Waals surface area contributed by atoms with Crippen LogP contribution in [-0.2, 0) is 6.54 Å². The topological polar surface area (TPSA) is 50.2 Å². The van der Waals surface area contributed by atoms with Crippen molar-refractivity contribution in [1.82, 2.24) is 14.7 Å². The van der Waals surface area contributed by atoms with Gasteiger partial charge in [-0.1, -0.05) is 23.7 Å². The Labute approximate surface area is 134 Å². The monoisotopic (exact) mass is 318 g/mol. The molecule has 0 aliphatic carbocycles. The third kappa shape index (κ3) is 2.81. The van der Waals surface area contributed by atoms with Gasteiger partial charge in [0.2, 0.25) is 0 Å². The number of aryl methyl sites for hydroxylation is 1. The molecule has 6 heteroatoms. The number of nitrogens with zero attached hydrogens (tertiary/aromatic N) is 3. The molecule has 2 heterocycles. The Kier molecular flexibility index (Phi) is 4.34. The third-order valence-electron chi connectivity index (χ3n) is 4.02. The Balaban J connectivity index is 1.78. The predicted octanol–water partition coefficient (Wildman–Crippen LogP) is 3.93. The first-order chi connectivity index (χ1) is 10.7. The van der Waals surface area contributed by atoms with E-state index in [9.17, 15) is 4.79 Å². The minimum Gasteiger partial charge on any atom is -0.316 e. The summed E-state index contributed by atoms with van der Waals surface area (Å²) in [6, 6.07) is 9.23. The van der Waals surface area contributed by atoms with E-state index in [-0.39, 0.29) is 12.1 Å². The molecule has 1 aromatic carbocycles. The second-order valence-electron chi connectivity index (χ2n) is 5.33. The number of urea groups is 1. The number of hydrogen-bond donors (Lipinski definition) is 1. The van der Waals surface area contributed by atoms with Gasteiger partial charge in [0.1, 0.15) is 0 Å². The summed E-state index contributed by atoms with van der Waals surface area (Å²) in [5.41, 5.74) is 1.73. The smallest absolute Gasteiger partial charge is 0.316 e. The highest BCUT2D eigenvalue weighted by Crippen LogP contribution is 2.32. The lowest BCUT2D eigenvalue weighted by Crippen LogP contribution is -2.35. The molecule has 1 aliphatic heterocycles. The van der Waals surface area contributed by atoms with E-state index in [1.165, 1.54) is 0 Å². The molecule has 3 rings (SSSR count). The third-order valence-corrected chi connectivity index (χ3v) is 4.35. The summed E-state index contributed by atoms with van der Waals surface area (Å²) < 4.78 is 1.95. The maximum Gasteiger partial charge on any atom is 0.322 e. The molecule has 1 N–H and O–H groups in total. The molecule has 2 amide bonds. The number of halogens is 1. The Morgan fingerprint density at radius 2 is 2.23 bits per heavy atom. The highest BCUT2D eigenvalue weighted by Gasteiger charge is 2.32. The Hall–Kier alpha value is -2.01. The molecular weight excluding hydrogens is 300 g/mol. The largest absolute Gasteiger partial charge is 0.322 e. The average Bonchev–Trinajstić information content (AvgIpc) is 3.17. The van der Waals surface area contributed by atoms with E-state index in [1.54, 1.807) is 12.3 Å². The lowest BCUT2D eigenvalue weighted by atomic mass is 10.1. The highest BCUT2D eigenvalue weighted by molar-refractivity contribution is 6.33. The fourth-order valence-corrected chi connectivity index (χ4v) is 3.14. The van der Waals surface area contributed by atoms with Crippen LogP contribution in [0.5, 0.6) is 0 Å². The van der Waals surface area contributed by atoms with Gasteiger partial charge in [-0.25, -0.2) is 4.79 Å². The molecule has 116 valence electrons. The molecule has 1 saturated heterocycles. The van der Waals surface area contributed by atoms with Gasteiger partial charge in [-0.3, -0.25) is 4.68 Å². The Morgan fingerprint density at radius 3 is 3.00 bits per heavy atom. The molecular formula is C16H19ClN4O. The van der Waals surface area contributed by atoms with Crippen molar-refractivity contribution in [3.63, 3.8) is 0 Å².